The second-order valence-corrected chi connectivity index (χ2v) is 2.70. The zero-order valence-corrected chi connectivity index (χ0v) is 6.82. The first-order valence-corrected chi connectivity index (χ1v) is 3.73. The normalized spacial score (nSPS) is 37.9. The molecule has 0 bridgehead atoms. The van der Waals surface area contributed by atoms with Crippen molar-refractivity contribution in [2.45, 2.75) is 31.7 Å². The van der Waals surface area contributed by atoms with Crippen LogP contribution in [0.1, 0.15) is 13.3 Å². The van der Waals surface area contributed by atoms with E-state index in [1.165, 1.54) is 7.11 Å². The zero-order chi connectivity index (χ0) is 8.27. The van der Waals surface area contributed by atoms with E-state index in [4.69, 9.17) is 14.7 Å². The first kappa shape index (κ1) is 8.93. The van der Waals surface area contributed by atoms with E-state index in [2.05, 4.69) is 4.89 Å². The molecular weight excluding hydrogens is 148 g/mol. The van der Waals surface area contributed by atoms with Crippen LogP contribution in [0.5, 0.6) is 0 Å². The van der Waals surface area contributed by atoms with Crippen LogP contribution in [-0.4, -0.2) is 37.1 Å². The van der Waals surface area contributed by atoms with E-state index in [1.807, 2.05) is 6.92 Å². The molecule has 4 heteroatoms. The van der Waals surface area contributed by atoms with E-state index >= 15 is 0 Å². The highest BCUT2D eigenvalue weighted by molar-refractivity contribution is 4.79. The van der Waals surface area contributed by atoms with Crippen LogP contribution >= 0.6 is 0 Å². The predicted octanol–water partition coefficient (Wildman–Crippen LogP) is 0.103. The maximum Gasteiger partial charge on any atom is 0.124 e. The molecule has 0 spiro atoms. The first-order valence-electron chi connectivity index (χ1n) is 3.73. The van der Waals surface area contributed by atoms with Gasteiger partial charge in [0.05, 0.1) is 19.8 Å². The van der Waals surface area contributed by atoms with Crippen LogP contribution < -0.4 is 0 Å². The highest BCUT2D eigenvalue weighted by Crippen LogP contribution is 2.22. The summed E-state index contributed by atoms with van der Waals surface area (Å²) in [5.74, 6) is 0. The van der Waals surface area contributed by atoms with E-state index in [0.717, 1.165) is 6.42 Å². The molecule has 1 saturated heterocycles. The lowest BCUT2D eigenvalue weighted by Gasteiger charge is -2.13. The molecule has 1 aliphatic rings. The van der Waals surface area contributed by atoms with Gasteiger partial charge in [0.15, 0.2) is 0 Å². The number of aliphatic hydroxyl groups excluding tert-OH is 1. The van der Waals surface area contributed by atoms with Crippen LogP contribution in [0.15, 0.2) is 0 Å². The molecule has 0 aliphatic carbocycles. The number of aliphatic hydroxyl groups is 1. The molecule has 0 aromatic rings. The molecule has 0 aromatic carbocycles. The van der Waals surface area contributed by atoms with Crippen molar-refractivity contribution < 1.29 is 19.6 Å². The van der Waals surface area contributed by atoms with Crippen molar-refractivity contribution in [3.05, 3.63) is 0 Å². The number of hydrogen-bond donors (Lipinski definition) is 1. The van der Waals surface area contributed by atoms with Gasteiger partial charge in [0.1, 0.15) is 12.2 Å². The maximum absolute atomic E-state index is 8.82. The standard InChI is InChI=1S/C7H14O4/c1-5-3-6(11-9-2)7(4-8)10-5/h5-8H,3-4H2,1-2H3. The smallest absolute Gasteiger partial charge is 0.124 e. The molecule has 0 aromatic heterocycles. The number of rotatable bonds is 3. The van der Waals surface area contributed by atoms with Gasteiger partial charge in [0.2, 0.25) is 0 Å². The monoisotopic (exact) mass is 162 g/mol. The minimum absolute atomic E-state index is 0.0155. The summed E-state index contributed by atoms with van der Waals surface area (Å²) in [7, 11) is 1.46. The highest BCUT2D eigenvalue weighted by atomic mass is 17.2. The van der Waals surface area contributed by atoms with Crippen molar-refractivity contribution >= 4 is 0 Å². The summed E-state index contributed by atoms with van der Waals surface area (Å²) in [5.41, 5.74) is 0. The quantitative estimate of drug-likeness (QED) is 0.472. The SMILES string of the molecule is COOC1CC(C)OC1CO. The second kappa shape index (κ2) is 4.01. The molecule has 1 heterocycles. The van der Waals surface area contributed by atoms with Crippen LogP contribution in [0, 0.1) is 0 Å². The third-order valence-electron chi connectivity index (χ3n) is 1.79. The molecule has 66 valence electrons. The second-order valence-electron chi connectivity index (χ2n) is 2.70. The summed E-state index contributed by atoms with van der Waals surface area (Å²) >= 11 is 0. The topological polar surface area (TPSA) is 47.9 Å². The van der Waals surface area contributed by atoms with E-state index in [-0.39, 0.29) is 24.9 Å². The Morgan fingerprint density at radius 2 is 2.36 bits per heavy atom. The molecule has 11 heavy (non-hydrogen) atoms. The molecule has 4 nitrogen and oxygen atoms in total. The van der Waals surface area contributed by atoms with Gasteiger partial charge >= 0.3 is 0 Å². The van der Waals surface area contributed by atoms with Crippen molar-refractivity contribution in [1.82, 2.24) is 0 Å². The molecule has 3 unspecified atom stereocenters. The Bertz CT molecular complexity index is 117. The lowest BCUT2D eigenvalue weighted by molar-refractivity contribution is -0.312. The minimum Gasteiger partial charge on any atom is -0.394 e. The first-order chi connectivity index (χ1) is 5.27. The van der Waals surface area contributed by atoms with Gasteiger partial charge in [-0.25, -0.2) is 9.78 Å². The number of ether oxygens (including phenoxy) is 1. The summed E-state index contributed by atoms with van der Waals surface area (Å²) in [6, 6.07) is 0. The van der Waals surface area contributed by atoms with Crippen molar-refractivity contribution in [3.63, 3.8) is 0 Å². The van der Waals surface area contributed by atoms with Gasteiger partial charge in [-0.15, -0.1) is 0 Å². The van der Waals surface area contributed by atoms with Gasteiger partial charge in [0.25, 0.3) is 0 Å². The summed E-state index contributed by atoms with van der Waals surface area (Å²) in [6.45, 7) is 1.93. The molecular formula is C7H14O4. The zero-order valence-electron chi connectivity index (χ0n) is 6.82. The lowest BCUT2D eigenvalue weighted by Crippen LogP contribution is -2.27. The molecule has 1 N–H and O–H groups in total. The average Bonchev–Trinajstić information content (AvgIpc) is 2.32. The van der Waals surface area contributed by atoms with Gasteiger partial charge in [-0.2, -0.15) is 0 Å². The van der Waals surface area contributed by atoms with E-state index in [0.29, 0.717) is 0 Å². The Morgan fingerprint density at radius 1 is 1.64 bits per heavy atom. The molecule has 0 amide bonds. The highest BCUT2D eigenvalue weighted by Gasteiger charge is 2.33. The Balaban J connectivity index is 2.37. The van der Waals surface area contributed by atoms with Crippen LogP contribution in [0.3, 0.4) is 0 Å². The Morgan fingerprint density at radius 3 is 2.91 bits per heavy atom. The molecule has 1 aliphatic heterocycles. The van der Waals surface area contributed by atoms with Gasteiger partial charge in [-0.3, -0.25) is 0 Å². The molecule has 0 saturated carbocycles. The third kappa shape index (κ3) is 2.13. The molecule has 3 atom stereocenters. The Kier molecular flexibility index (Phi) is 3.26. The fourth-order valence-electron chi connectivity index (χ4n) is 1.31. The van der Waals surface area contributed by atoms with E-state index < -0.39 is 0 Å². The van der Waals surface area contributed by atoms with E-state index in [1.54, 1.807) is 0 Å². The van der Waals surface area contributed by atoms with Gasteiger partial charge in [-0.1, -0.05) is 0 Å². The Labute approximate surface area is 66.0 Å². The fraction of sp³-hybridized carbons (Fsp3) is 1.00. The molecule has 1 rings (SSSR count). The molecule has 0 radical (unpaired) electrons. The largest absolute Gasteiger partial charge is 0.394 e. The average molecular weight is 162 g/mol. The lowest BCUT2D eigenvalue weighted by atomic mass is 10.1. The van der Waals surface area contributed by atoms with Crippen LogP contribution in [0.25, 0.3) is 0 Å². The summed E-state index contributed by atoms with van der Waals surface area (Å²) in [5, 5.41) is 8.82. The van der Waals surface area contributed by atoms with Crippen LogP contribution in [0.4, 0.5) is 0 Å². The van der Waals surface area contributed by atoms with Gasteiger partial charge < -0.3 is 9.84 Å². The Hall–Kier alpha value is -0.160. The summed E-state index contributed by atoms with van der Waals surface area (Å²) < 4.78 is 5.32. The van der Waals surface area contributed by atoms with Gasteiger partial charge in [-0.05, 0) is 6.92 Å². The van der Waals surface area contributed by atoms with Crippen molar-refractivity contribution in [2.75, 3.05) is 13.7 Å². The van der Waals surface area contributed by atoms with Crippen LogP contribution in [0.2, 0.25) is 0 Å². The fourth-order valence-corrected chi connectivity index (χ4v) is 1.31. The summed E-state index contributed by atoms with van der Waals surface area (Å²) in [4.78, 5) is 9.41. The van der Waals surface area contributed by atoms with E-state index in [9.17, 15) is 0 Å². The van der Waals surface area contributed by atoms with Crippen LogP contribution in [-0.2, 0) is 14.5 Å². The molecule has 1 fully saturated rings. The minimum atomic E-state index is -0.232. The van der Waals surface area contributed by atoms with Crippen molar-refractivity contribution in [1.29, 1.82) is 0 Å². The van der Waals surface area contributed by atoms with Gasteiger partial charge in [0, 0.05) is 6.42 Å². The third-order valence-corrected chi connectivity index (χ3v) is 1.79. The maximum atomic E-state index is 8.82. The predicted molar refractivity (Wildman–Crippen MR) is 37.9 cm³/mol. The van der Waals surface area contributed by atoms with Crippen molar-refractivity contribution in [2.24, 2.45) is 0 Å². The van der Waals surface area contributed by atoms with Crippen molar-refractivity contribution in [3.8, 4) is 0 Å². The number of hydrogen-bond acceptors (Lipinski definition) is 4. The summed E-state index contributed by atoms with van der Waals surface area (Å²) in [6.07, 6.45) is 0.566.